The minimum atomic E-state index is -1.47. The first-order valence-electron chi connectivity index (χ1n) is 9.82. The Balaban J connectivity index is 5.37. The zero-order chi connectivity index (χ0) is 24.3. The lowest BCUT2D eigenvalue weighted by atomic mass is 9.97. The number of carbonyl (C=O) groups is 5. The fourth-order valence-electron chi connectivity index (χ4n) is 2.49. The van der Waals surface area contributed by atoms with E-state index in [1.54, 1.807) is 13.8 Å². The summed E-state index contributed by atoms with van der Waals surface area (Å²) in [7, 11) is 0. The number of hydrogen-bond donors (Lipinski definition) is 8. The van der Waals surface area contributed by atoms with Crippen LogP contribution in [-0.4, -0.2) is 75.8 Å². The van der Waals surface area contributed by atoms with Gasteiger partial charge in [-0.25, -0.2) is 4.79 Å². The molecule has 0 radical (unpaired) electrons. The second-order valence-corrected chi connectivity index (χ2v) is 7.66. The first-order chi connectivity index (χ1) is 14.3. The molecule has 12 nitrogen and oxygen atoms in total. The third kappa shape index (κ3) is 9.98. The van der Waals surface area contributed by atoms with E-state index < -0.39 is 59.9 Å². The van der Waals surface area contributed by atoms with Crippen molar-refractivity contribution in [1.82, 2.24) is 16.0 Å². The molecule has 178 valence electrons. The number of carbonyl (C=O) groups excluding carboxylic acids is 4. The third-order valence-electron chi connectivity index (χ3n) is 4.69. The normalized spacial score (nSPS) is 16.7. The Morgan fingerprint density at radius 1 is 0.968 bits per heavy atom. The Labute approximate surface area is 186 Å². The van der Waals surface area contributed by atoms with E-state index in [4.69, 9.17) is 16.6 Å². The highest BCUT2D eigenvalue weighted by Crippen LogP contribution is 2.10. The van der Waals surface area contributed by atoms with Crippen LogP contribution < -0.4 is 27.4 Å². The van der Waals surface area contributed by atoms with Gasteiger partial charge in [-0.05, 0) is 19.3 Å². The number of hydrogen-bond acceptors (Lipinski definition) is 8. The number of carboxylic acid groups (broad SMARTS) is 1. The number of thiol groups is 1. The van der Waals surface area contributed by atoms with Crippen molar-refractivity contribution in [2.24, 2.45) is 17.4 Å². The van der Waals surface area contributed by atoms with Gasteiger partial charge in [-0.3, -0.25) is 19.2 Å². The smallest absolute Gasteiger partial charge is 0.327 e. The van der Waals surface area contributed by atoms with Crippen molar-refractivity contribution in [3.63, 3.8) is 0 Å². The number of carboxylic acids is 1. The molecule has 0 saturated heterocycles. The van der Waals surface area contributed by atoms with Gasteiger partial charge in [0.25, 0.3) is 0 Å². The molecule has 0 aliphatic heterocycles. The van der Waals surface area contributed by atoms with Crippen molar-refractivity contribution >= 4 is 42.2 Å². The average molecular weight is 464 g/mol. The van der Waals surface area contributed by atoms with Crippen LogP contribution in [0.2, 0.25) is 0 Å². The van der Waals surface area contributed by atoms with E-state index in [2.05, 4.69) is 28.6 Å². The molecule has 0 bridgehead atoms. The zero-order valence-corrected chi connectivity index (χ0v) is 18.7. The quantitative estimate of drug-likeness (QED) is 0.128. The molecule has 0 fully saturated rings. The van der Waals surface area contributed by atoms with Crippen LogP contribution >= 0.6 is 12.6 Å². The van der Waals surface area contributed by atoms with Crippen molar-refractivity contribution < 1.29 is 34.2 Å². The standard InChI is InChI=1S/C18H33N5O7S/c1-4-8(2)13(22-15(26)10(19)5-6-12(20)25)16(27)23-14(9(3)24)17(28)21-11(7-31)18(29)30/h8-11,13-14,24,31H,4-7,19H2,1-3H3,(H2,20,25)(H,21,28)(H,22,26)(H,23,27)(H,29,30). The van der Waals surface area contributed by atoms with Gasteiger partial charge in [0.05, 0.1) is 12.1 Å². The molecule has 9 N–H and O–H groups in total. The van der Waals surface area contributed by atoms with E-state index in [0.29, 0.717) is 6.42 Å². The van der Waals surface area contributed by atoms with Crippen molar-refractivity contribution in [2.75, 3.05) is 5.75 Å². The maximum absolute atomic E-state index is 12.8. The molecule has 0 aliphatic rings. The van der Waals surface area contributed by atoms with Gasteiger partial charge in [-0.2, -0.15) is 12.6 Å². The van der Waals surface area contributed by atoms with Crippen LogP contribution in [0.25, 0.3) is 0 Å². The molecule has 0 heterocycles. The van der Waals surface area contributed by atoms with Gasteiger partial charge in [-0.1, -0.05) is 20.3 Å². The molecule has 0 spiro atoms. The number of aliphatic hydroxyl groups excluding tert-OH is 1. The van der Waals surface area contributed by atoms with Crippen molar-refractivity contribution in [3.05, 3.63) is 0 Å². The van der Waals surface area contributed by atoms with Gasteiger partial charge in [-0.15, -0.1) is 0 Å². The molecule has 0 saturated carbocycles. The van der Waals surface area contributed by atoms with E-state index in [1.807, 2.05) is 0 Å². The fraction of sp³-hybridized carbons (Fsp3) is 0.722. The summed E-state index contributed by atoms with van der Waals surface area (Å²) >= 11 is 3.84. The summed E-state index contributed by atoms with van der Waals surface area (Å²) in [6.07, 6.45) is -0.977. The summed E-state index contributed by atoms with van der Waals surface area (Å²) in [6.45, 7) is 4.73. The van der Waals surface area contributed by atoms with Crippen LogP contribution in [0.15, 0.2) is 0 Å². The van der Waals surface area contributed by atoms with E-state index in [9.17, 15) is 29.1 Å². The zero-order valence-electron chi connectivity index (χ0n) is 17.8. The Bertz CT molecular complexity index is 661. The summed E-state index contributed by atoms with van der Waals surface area (Å²) in [6, 6.07) is -4.95. The molecular weight excluding hydrogens is 430 g/mol. The predicted octanol–water partition coefficient (Wildman–Crippen LogP) is -2.53. The monoisotopic (exact) mass is 463 g/mol. The molecular formula is C18H33N5O7S. The highest BCUT2D eigenvalue weighted by Gasteiger charge is 2.34. The Morgan fingerprint density at radius 2 is 1.48 bits per heavy atom. The van der Waals surface area contributed by atoms with Crippen LogP contribution in [0.4, 0.5) is 0 Å². The van der Waals surface area contributed by atoms with Gasteiger partial charge in [0.2, 0.25) is 23.6 Å². The van der Waals surface area contributed by atoms with Crippen LogP contribution in [0.5, 0.6) is 0 Å². The van der Waals surface area contributed by atoms with Crippen molar-refractivity contribution in [3.8, 4) is 0 Å². The minimum absolute atomic E-state index is 0.00494. The summed E-state index contributed by atoms with van der Waals surface area (Å²) < 4.78 is 0. The summed E-state index contributed by atoms with van der Waals surface area (Å²) in [4.78, 5) is 59.5. The molecule has 0 aromatic rings. The fourth-order valence-corrected chi connectivity index (χ4v) is 2.73. The summed E-state index contributed by atoms with van der Waals surface area (Å²) in [5.41, 5.74) is 10.8. The maximum atomic E-state index is 12.8. The number of aliphatic carboxylic acids is 1. The average Bonchev–Trinajstić information content (AvgIpc) is 2.70. The number of aliphatic hydroxyl groups is 1. The van der Waals surface area contributed by atoms with E-state index in [0.717, 1.165) is 0 Å². The van der Waals surface area contributed by atoms with E-state index in [1.165, 1.54) is 6.92 Å². The maximum Gasteiger partial charge on any atom is 0.327 e. The number of amides is 4. The van der Waals surface area contributed by atoms with E-state index >= 15 is 0 Å². The molecule has 6 atom stereocenters. The van der Waals surface area contributed by atoms with Crippen LogP contribution in [0.1, 0.15) is 40.0 Å². The SMILES string of the molecule is CCC(C)C(NC(=O)C(N)CCC(N)=O)C(=O)NC(C(=O)NC(CS)C(=O)O)C(C)O. The molecule has 4 amide bonds. The van der Waals surface area contributed by atoms with Crippen molar-refractivity contribution in [2.45, 2.75) is 70.3 Å². The predicted molar refractivity (Wildman–Crippen MR) is 115 cm³/mol. The number of rotatable bonds is 14. The Hall–Kier alpha value is -2.38. The molecule has 0 aromatic carbocycles. The Kier molecular flexibility index (Phi) is 12.8. The molecule has 13 heteroatoms. The van der Waals surface area contributed by atoms with E-state index in [-0.39, 0.29) is 24.5 Å². The van der Waals surface area contributed by atoms with Gasteiger partial charge in [0.15, 0.2) is 0 Å². The van der Waals surface area contributed by atoms with Crippen LogP contribution in [-0.2, 0) is 24.0 Å². The number of primary amides is 1. The van der Waals surface area contributed by atoms with Crippen molar-refractivity contribution in [1.29, 1.82) is 0 Å². The van der Waals surface area contributed by atoms with Gasteiger partial charge in [0, 0.05) is 12.2 Å². The summed E-state index contributed by atoms with van der Waals surface area (Å²) in [5.74, 6) is -4.87. The Morgan fingerprint density at radius 3 is 1.90 bits per heavy atom. The molecule has 6 unspecified atom stereocenters. The molecule has 0 aliphatic carbocycles. The summed E-state index contributed by atoms with van der Waals surface area (Å²) in [5, 5.41) is 26.0. The van der Waals surface area contributed by atoms with Gasteiger partial charge < -0.3 is 37.6 Å². The first-order valence-corrected chi connectivity index (χ1v) is 10.5. The van der Waals surface area contributed by atoms with Crippen LogP contribution in [0.3, 0.4) is 0 Å². The molecule has 31 heavy (non-hydrogen) atoms. The lowest BCUT2D eigenvalue weighted by Crippen LogP contribution is -2.61. The highest BCUT2D eigenvalue weighted by atomic mass is 32.1. The topological polar surface area (TPSA) is 214 Å². The van der Waals surface area contributed by atoms with Gasteiger partial charge >= 0.3 is 5.97 Å². The number of nitrogens with one attached hydrogen (secondary N) is 3. The van der Waals surface area contributed by atoms with Gasteiger partial charge in [0.1, 0.15) is 18.1 Å². The lowest BCUT2D eigenvalue weighted by molar-refractivity contribution is -0.142. The minimum Gasteiger partial charge on any atom is -0.480 e. The molecule has 0 rings (SSSR count). The highest BCUT2D eigenvalue weighted by molar-refractivity contribution is 7.80. The third-order valence-corrected chi connectivity index (χ3v) is 5.06. The largest absolute Gasteiger partial charge is 0.480 e. The number of nitrogens with two attached hydrogens (primary N) is 2. The second-order valence-electron chi connectivity index (χ2n) is 7.29. The lowest BCUT2D eigenvalue weighted by Gasteiger charge is -2.28. The first kappa shape index (κ1) is 28.6. The molecule has 0 aromatic heterocycles. The van der Waals surface area contributed by atoms with Crippen LogP contribution in [0, 0.1) is 5.92 Å². The second kappa shape index (κ2) is 13.8.